The Morgan fingerprint density at radius 3 is 2.48 bits per heavy atom. The van der Waals surface area contributed by atoms with E-state index in [-0.39, 0.29) is 18.0 Å². The Balaban J connectivity index is 2.09. The van der Waals surface area contributed by atoms with Crippen molar-refractivity contribution < 1.29 is 23.9 Å². The van der Waals surface area contributed by atoms with Gasteiger partial charge in [-0.1, -0.05) is 37.6 Å². The summed E-state index contributed by atoms with van der Waals surface area (Å²) in [6, 6.07) is 6.78. The highest BCUT2D eigenvalue weighted by Crippen LogP contribution is 2.37. The fraction of sp³-hybridized carbons (Fsp3) is 0.389. The Morgan fingerprint density at radius 2 is 1.87 bits per heavy atom. The molecule has 2 unspecified atom stereocenters. The molecule has 120 valence electrons. The second-order valence-corrected chi connectivity index (χ2v) is 5.73. The topological polar surface area (TPSA) is 69.7 Å². The standard InChI is InChI=1S/C18H18O5/c1-3-6-13-15-12(9-14(23-13)18(21)22-2)16(19)10-7-4-5-8-11(10)17(15)20/h4-5,7-8,13-14H,3,6,9H2,1-2H3. The van der Waals surface area contributed by atoms with Crippen LogP contribution in [0.1, 0.15) is 46.9 Å². The fourth-order valence-electron chi connectivity index (χ4n) is 3.23. The molecule has 0 radical (unpaired) electrons. The van der Waals surface area contributed by atoms with Crippen LogP contribution in [0.2, 0.25) is 0 Å². The molecule has 0 saturated heterocycles. The van der Waals surface area contributed by atoms with Gasteiger partial charge in [-0.3, -0.25) is 9.59 Å². The maximum Gasteiger partial charge on any atom is 0.335 e. The summed E-state index contributed by atoms with van der Waals surface area (Å²) in [7, 11) is 1.29. The minimum atomic E-state index is -0.836. The molecule has 0 bridgehead atoms. The molecule has 0 spiro atoms. The minimum Gasteiger partial charge on any atom is -0.467 e. The van der Waals surface area contributed by atoms with Gasteiger partial charge in [0.15, 0.2) is 17.7 Å². The highest BCUT2D eigenvalue weighted by Gasteiger charge is 2.43. The van der Waals surface area contributed by atoms with Gasteiger partial charge in [-0.25, -0.2) is 4.79 Å². The Kier molecular flexibility index (Phi) is 4.13. The number of hydrogen-bond acceptors (Lipinski definition) is 5. The molecule has 0 saturated carbocycles. The molecule has 5 heteroatoms. The summed E-state index contributed by atoms with van der Waals surface area (Å²) in [6.07, 6.45) is 0.0579. The first kappa shape index (κ1) is 15.6. The van der Waals surface area contributed by atoms with Crippen molar-refractivity contribution in [2.45, 2.75) is 38.4 Å². The molecule has 0 aromatic heterocycles. The Morgan fingerprint density at radius 1 is 1.22 bits per heavy atom. The van der Waals surface area contributed by atoms with Crippen molar-refractivity contribution in [2.24, 2.45) is 0 Å². The molecule has 1 aliphatic carbocycles. The van der Waals surface area contributed by atoms with E-state index in [0.717, 1.165) is 6.42 Å². The lowest BCUT2D eigenvalue weighted by atomic mass is 9.77. The number of fused-ring (bicyclic) bond motifs is 1. The summed E-state index contributed by atoms with van der Waals surface area (Å²) in [5.41, 5.74) is 1.62. The van der Waals surface area contributed by atoms with Gasteiger partial charge in [0.25, 0.3) is 0 Å². The molecule has 5 nitrogen and oxygen atoms in total. The number of ether oxygens (including phenoxy) is 2. The van der Waals surface area contributed by atoms with Gasteiger partial charge in [-0.15, -0.1) is 0 Å². The van der Waals surface area contributed by atoms with Gasteiger partial charge in [0.2, 0.25) is 0 Å². The quantitative estimate of drug-likeness (QED) is 0.802. The van der Waals surface area contributed by atoms with E-state index in [1.54, 1.807) is 24.3 Å². The predicted octanol–water partition coefficient (Wildman–Crippen LogP) is 2.49. The molecule has 1 aromatic carbocycles. The first-order valence-corrected chi connectivity index (χ1v) is 7.73. The van der Waals surface area contributed by atoms with Crippen LogP contribution in [0.5, 0.6) is 0 Å². The van der Waals surface area contributed by atoms with Crippen LogP contribution >= 0.6 is 0 Å². The van der Waals surface area contributed by atoms with Crippen LogP contribution in [-0.2, 0) is 14.3 Å². The molecule has 1 heterocycles. The van der Waals surface area contributed by atoms with Crippen molar-refractivity contribution in [3.63, 3.8) is 0 Å². The van der Waals surface area contributed by atoms with Crippen molar-refractivity contribution in [3.05, 3.63) is 46.5 Å². The average Bonchev–Trinajstić information content (AvgIpc) is 2.58. The third kappa shape index (κ3) is 2.51. The summed E-state index contributed by atoms with van der Waals surface area (Å²) in [6.45, 7) is 1.97. The number of benzene rings is 1. The van der Waals surface area contributed by atoms with Crippen LogP contribution in [0.15, 0.2) is 35.4 Å². The van der Waals surface area contributed by atoms with Crippen LogP contribution < -0.4 is 0 Å². The number of carbonyl (C=O) groups is 3. The third-order valence-electron chi connectivity index (χ3n) is 4.32. The highest BCUT2D eigenvalue weighted by molar-refractivity contribution is 6.27. The zero-order valence-corrected chi connectivity index (χ0v) is 13.1. The van der Waals surface area contributed by atoms with Gasteiger partial charge in [-0.05, 0) is 6.42 Å². The zero-order chi connectivity index (χ0) is 16.6. The van der Waals surface area contributed by atoms with Crippen LogP contribution in [0, 0.1) is 0 Å². The molecule has 0 fully saturated rings. The van der Waals surface area contributed by atoms with E-state index in [0.29, 0.717) is 28.7 Å². The summed E-state index contributed by atoms with van der Waals surface area (Å²) in [5.74, 6) is -0.873. The molecule has 23 heavy (non-hydrogen) atoms. The van der Waals surface area contributed by atoms with Crippen molar-refractivity contribution in [1.82, 2.24) is 0 Å². The SMILES string of the molecule is CCCC1OC(C(=O)OC)CC2=C1C(=O)c1ccccc1C2=O. The number of methoxy groups -OCH3 is 1. The summed E-state index contributed by atoms with van der Waals surface area (Å²) < 4.78 is 10.5. The number of carbonyl (C=O) groups excluding carboxylic acids is 3. The van der Waals surface area contributed by atoms with Crippen molar-refractivity contribution in [1.29, 1.82) is 0 Å². The molecule has 1 aromatic rings. The highest BCUT2D eigenvalue weighted by atomic mass is 16.6. The minimum absolute atomic E-state index is 0.0845. The number of rotatable bonds is 3. The summed E-state index contributed by atoms with van der Waals surface area (Å²) in [5, 5.41) is 0. The molecule has 0 N–H and O–H groups in total. The van der Waals surface area contributed by atoms with E-state index in [1.165, 1.54) is 7.11 Å². The largest absolute Gasteiger partial charge is 0.467 e. The lowest BCUT2D eigenvalue weighted by molar-refractivity contribution is -0.157. The second-order valence-electron chi connectivity index (χ2n) is 5.73. The average molecular weight is 314 g/mol. The Labute approximate surface area is 134 Å². The molecule has 1 aliphatic heterocycles. The van der Waals surface area contributed by atoms with Gasteiger partial charge in [0.05, 0.1) is 13.2 Å². The molecule has 3 rings (SSSR count). The molecule has 0 amide bonds. The van der Waals surface area contributed by atoms with Gasteiger partial charge in [0.1, 0.15) is 0 Å². The second kappa shape index (κ2) is 6.08. The van der Waals surface area contributed by atoms with E-state index in [2.05, 4.69) is 0 Å². The number of Topliss-reactive ketones (excluding diaryl/α,β-unsaturated/α-hetero) is 2. The van der Waals surface area contributed by atoms with E-state index in [1.807, 2.05) is 6.92 Å². The number of hydrogen-bond donors (Lipinski definition) is 0. The maximum absolute atomic E-state index is 12.8. The Hall–Kier alpha value is -2.27. The first-order valence-electron chi connectivity index (χ1n) is 7.73. The van der Waals surface area contributed by atoms with E-state index in [4.69, 9.17) is 9.47 Å². The van der Waals surface area contributed by atoms with Crippen LogP contribution in [0.25, 0.3) is 0 Å². The summed E-state index contributed by atoms with van der Waals surface area (Å²) >= 11 is 0. The van der Waals surface area contributed by atoms with Crippen LogP contribution in [-0.4, -0.2) is 36.9 Å². The van der Waals surface area contributed by atoms with Crippen molar-refractivity contribution in [3.8, 4) is 0 Å². The maximum atomic E-state index is 12.8. The molecule has 2 atom stereocenters. The third-order valence-corrected chi connectivity index (χ3v) is 4.32. The monoisotopic (exact) mass is 314 g/mol. The van der Waals surface area contributed by atoms with Crippen LogP contribution in [0.3, 0.4) is 0 Å². The first-order chi connectivity index (χ1) is 11.1. The zero-order valence-electron chi connectivity index (χ0n) is 13.1. The molecular weight excluding hydrogens is 296 g/mol. The summed E-state index contributed by atoms with van der Waals surface area (Å²) in [4.78, 5) is 37.5. The lowest BCUT2D eigenvalue weighted by Crippen LogP contribution is -2.42. The Bertz CT molecular complexity index is 716. The van der Waals surface area contributed by atoms with Crippen LogP contribution in [0.4, 0.5) is 0 Å². The van der Waals surface area contributed by atoms with Gasteiger partial charge >= 0.3 is 5.97 Å². The normalized spacial score (nSPS) is 23.4. The van der Waals surface area contributed by atoms with Crippen molar-refractivity contribution in [2.75, 3.05) is 7.11 Å². The van der Waals surface area contributed by atoms with Gasteiger partial charge in [-0.2, -0.15) is 0 Å². The van der Waals surface area contributed by atoms with Crippen molar-refractivity contribution >= 4 is 17.5 Å². The lowest BCUT2D eigenvalue weighted by Gasteiger charge is -2.34. The number of ketones is 2. The number of esters is 1. The van der Waals surface area contributed by atoms with E-state index in [9.17, 15) is 14.4 Å². The van der Waals surface area contributed by atoms with Gasteiger partial charge < -0.3 is 9.47 Å². The van der Waals surface area contributed by atoms with E-state index >= 15 is 0 Å². The smallest absolute Gasteiger partial charge is 0.335 e. The molecular formula is C18H18O5. The fourth-order valence-corrected chi connectivity index (χ4v) is 3.23. The predicted molar refractivity (Wildman–Crippen MR) is 82.3 cm³/mol. The molecule has 2 aliphatic rings. The van der Waals surface area contributed by atoms with E-state index < -0.39 is 18.2 Å². The van der Waals surface area contributed by atoms with Gasteiger partial charge in [0, 0.05) is 28.7 Å².